The second-order valence-electron chi connectivity index (χ2n) is 7.36. The standard InChI is InChI=1S/C19H23ClN4O3S/c20-15-6-3-7-16(11-15)28(26,27)24-10-4-5-14(13-24)18-17(12-21-22-18)19(25)23-8-1-2-9-23/h3,6-7,11-12,14H,1-2,4-5,8-10,13H2,(H,21,22)/t14-/m0/s1. The lowest BCUT2D eigenvalue weighted by Gasteiger charge is -2.32. The Morgan fingerprint density at radius 1 is 1.18 bits per heavy atom. The molecule has 2 aromatic rings. The van der Waals surface area contributed by atoms with Crippen LogP contribution in [0.1, 0.15) is 47.7 Å². The van der Waals surface area contributed by atoms with E-state index in [1.54, 1.807) is 24.4 Å². The number of sulfonamides is 1. The molecule has 2 saturated heterocycles. The Morgan fingerprint density at radius 2 is 1.96 bits per heavy atom. The van der Waals surface area contributed by atoms with E-state index in [0.717, 1.165) is 44.5 Å². The zero-order chi connectivity index (χ0) is 19.7. The Bertz CT molecular complexity index is 969. The van der Waals surface area contributed by atoms with Crippen molar-refractivity contribution < 1.29 is 13.2 Å². The summed E-state index contributed by atoms with van der Waals surface area (Å²) in [7, 11) is -3.64. The highest BCUT2D eigenvalue weighted by Gasteiger charge is 2.34. The number of carbonyl (C=O) groups excluding carboxylic acids is 1. The summed E-state index contributed by atoms with van der Waals surface area (Å²) in [5.74, 6) is -0.108. The van der Waals surface area contributed by atoms with Crippen molar-refractivity contribution in [3.8, 4) is 0 Å². The summed E-state index contributed by atoms with van der Waals surface area (Å²) in [6.07, 6.45) is 5.15. The maximum atomic E-state index is 13.0. The molecule has 1 amide bonds. The molecule has 3 heterocycles. The van der Waals surface area contributed by atoms with Crippen LogP contribution in [-0.4, -0.2) is 59.9 Å². The first-order chi connectivity index (χ1) is 13.5. The van der Waals surface area contributed by atoms with Gasteiger partial charge >= 0.3 is 0 Å². The molecule has 0 saturated carbocycles. The minimum Gasteiger partial charge on any atom is -0.339 e. The molecule has 2 aliphatic rings. The van der Waals surface area contributed by atoms with Gasteiger partial charge in [0.1, 0.15) is 0 Å². The van der Waals surface area contributed by atoms with Crippen LogP contribution in [-0.2, 0) is 10.0 Å². The molecule has 0 radical (unpaired) electrons. The van der Waals surface area contributed by atoms with Gasteiger partial charge in [0.2, 0.25) is 10.0 Å². The smallest absolute Gasteiger partial charge is 0.257 e. The first-order valence-electron chi connectivity index (χ1n) is 9.55. The highest BCUT2D eigenvalue weighted by Crippen LogP contribution is 2.32. The average molecular weight is 423 g/mol. The Balaban J connectivity index is 1.57. The van der Waals surface area contributed by atoms with Gasteiger partial charge in [-0.2, -0.15) is 9.40 Å². The summed E-state index contributed by atoms with van der Waals surface area (Å²) >= 11 is 5.98. The van der Waals surface area contributed by atoms with E-state index in [1.807, 2.05) is 4.90 Å². The molecule has 0 aliphatic carbocycles. The van der Waals surface area contributed by atoms with Crippen LogP contribution in [0.25, 0.3) is 0 Å². The quantitative estimate of drug-likeness (QED) is 0.820. The molecule has 9 heteroatoms. The van der Waals surface area contributed by atoms with Crippen molar-refractivity contribution in [2.45, 2.75) is 36.5 Å². The number of amides is 1. The number of aromatic nitrogens is 2. The van der Waals surface area contributed by atoms with Crippen molar-refractivity contribution in [2.75, 3.05) is 26.2 Å². The lowest BCUT2D eigenvalue weighted by molar-refractivity contribution is 0.0791. The Labute approximate surface area is 169 Å². The lowest BCUT2D eigenvalue weighted by Crippen LogP contribution is -2.39. The minimum atomic E-state index is -3.64. The highest BCUT2D eigenvalue weighted by molar-refractivity contribution is 7.89. The number of benzene rings is 1. The predicted octanol–water partition coefficient (Wildman–Crippen LogP) is 2.87. The zero-order valence-electron chi connectivity index (χ0n) is 15.5. The number of H-pyrrole nitrogens is 1. The van der Waals surface area contributed by atoms with Crippen molar-refractivity contribution in [1.29, 1.82) is 0 Å². The number of hydrogen-bond acceptors (Lipinski definition) is 4. The van der Waals surface area contributed by atoms with Crippen molar-refractivity contribution in [2.24, 2.45) is 0 Å². The van der Waals surface area contributed by atoms with E-state index >= 15 is 0 Å². The lowest BCUT2D eigenvalue weighted by atomic mass is 9.93. The second-order valence-corrected chi connectivity index (χ2v) is 9.73. The fraction of sp³-hybridized carbons (Fsp3) is 0.474. The van der Waals surface area contributed by atoms with Crippen molar-refractivity contribution in [3.63, 3.8) is 0 Å². The van der Waals surface area contributed by atoms with E-state index in [2.05, 4.69) is 10.2 Å². The van der Waals surface area contributed by atoms with Gasteiger partial charge in [-0.25, -0.2) is 8.42 Å². The van der Waals surface area contributed by atoms with E-state index < -0.39 is 10.0 Å². The number of aromatic amines is 1. The predicted molar refractivity (Wildman–Crippen MR) is 106 cm³/mol. The van der Waals surface area contributed by atoms with Gasteiger partial charge in [0.25, 0.3) is 5.91 Å². The van der Waals surface area contributed by atoms with Crippen LogP contribution in [0.2, 0.25) is 5.02 Å². The monoisotopic (exact) mass is 422 g/mol. The van der Waals surface area contributed by atoms with Gasteiger partial charge in [-0.3, -0.25) is 9.89 Å². The molecule has 2 aliphatic heterocycles. The van der Waals surface area contributed by atoms with Crippen LogP contribution in [0.4, 0.5) is 0 Å². The van der Waals surface area contributed by atoms with Gasteiger partial charge in [0, 0.05) is 37.1 Å². The summed E-state index contributed by atoms with van der Waals surface area (Å²) < 4.78 is 27.6. The van der Waals surface area contributed by atoms with E-state index in [1.165, 1.54) is 10.4 Å². The Kier molecular flexibility index (Phi) is 5.44. The average Bonchev–Trinajstić information content (AvgIpc) is 3.39. The number of nitrogens with one attached hydrogen (secondary N) is 1. The van der Waals surface area contributed by atoms with Gasteiger partial charge in [-0.05, 0) is 43.9 Å². The molecule has 0 bridgehead atoms. The third-order valence-electron chi connectivity index (χ3n) is 5.52. The van der Waals surface area contributed by atoms with E-state index in [4.69, 9.17) is 11.6 Å². The topological polar surface area (TPSA) is 86.4 Å². The number of piperidine rings is 1. The number of likely N-dealkylation sites (tertiary alicyclic amines) is 1. The highest BCUT2D eigenvalue weighted by atomic mass is 35.5. The first-order valence-corrected chi connectivity index (χ1v) is 11.4. The summed E-state index contributed by atoms with van der Waals surface area (Å²) in [6, 6.07) is 6.32. The number of nitrogens with zero attached hydrogens (tertiary/aromatic N) is 3. The molecule has 1 aromatic carbocycles. The Hall–Kier alpha value is -1.90. The summed E-state index contributed by atoms with van der Waals surface area (Å²) in [5, 5.41) is 7.44. The SMILES string of the molecule is O=C(c1cn[nH]c1[C@H]1CCCN(S(=O)(=O)c2cccc(Cl)c2)C1)N1CCCC1. The van der Waals surface area contributed by atoms with Crippen LogP contribution in [0.5, 0.6) is 0 Å². The van der Waals surface area contributed by atoms with Crippen LogP contribution in [0, 0.1) is 0 Å². The molecule has 0 spiro atoms. The number of halogens is 1. The largest absolute Gasteiger partial charge is 0.339 e. The van der Waals surface area contributed by atoms with Gasteiger partial charge in [0.15, 0.2) is 0 Å². The molecule has 7 nitrogen and oxygen atoms in total. The normalized spacial score (nSPS) is 21.2. The summed E-state index contributed by atoms with van der Waals surface area (Å²) in [5.41, 5.74) is 1.30. The fourth-order valence-electron chi connectivity index (χ4n) is 4.04. The third-order valence-corrected chi connectivity index (χ3v) is 7.61. The maximum Gasteiger partial charge on any atom is 0.257 e. The molecule has 0 unspecified atom stereocenters. The van der Waals surface area contributed by atoms with E-state index in [0.29, 0.717) is 23.7 Å². The molecule has 1 aromatic heterocycles. The molecule has 2 fully saturated rings. The van der Waals surface area contributed by atoms with Crippen LogP contribution >= 0.6 is 11.6 Å². The first kappa shape index (κ1) is 19.4. The van der Waals surface area contributed by atoms with Crippen LogP contribution < -0.4 is 0 Å². The van der Waals surface area contributed by atoms with E-state index in [-0.39, 0.29) is 16.7 Å². The van der Waals surface area contributed by atoms with Gasteiger partial charge in [-0.15, -0.1) is 0 Å². The van der Waals surface area contributed by atoms with Crippen molar-refractivity contribution >= 4 is 27.5 Å². The molecular weight excluding hydrogens is 400 g/mol. The van der Waals surface area contributed by atoms with Gasteiger partial charge in [-0.1, -0.05) is 17.7 Å². The molecule has 1 atom stereocenters. The van der Waals surface area contributed by atoms with Crippen molar-refractivity contribution in [3.05, 3.63) is 46.7 Å². The van der Waals surface area contributed by atoms with Gasteiger partial charge < -0.3 is 4.90 Å². The molecular formula is C19H23ClN4O3S. The van der Waals surface area contributed by atoms with Crippen LogP contribution in [0.15, 0.2) is 35.4 Å². The fourth-order valence-corrected chi connectivity index (χ4v) is 5.87. The van der Waals surface area contributed by atoms with Crippen molar-refractivity contribution in [1.82, 2.24) is 19.4 Å². The summed E-state index contributed by atoms with van der Waals surface area (Å²) in [6.45, 7) is 2.30. The number of hydrogen-bond donors (Lipinski definition) is 1. The maximum absolute atomic E-state index is 13.0. The van der Waals surface area contributed by atoms with Gasteiger partial charge in [0.05, 0.1) is 22.3 Å². The summed E-state index contributed by atoms with van der Waals surface area (Å²) in [4.78, 5) is 14.9. The number of rotatable bonds is 4. The molecule has 150 valence electrons. The molecule has 28 heavy (non-hydrogen) atoms. The Morgan fingerprint density at radius 3 is 2.71 bits per heavy atom. The minimum absolute atomic E-state index is 0.0175. The third kappa shape index (κ3) is 3.68. The van der Waals surface area contributed by atoms with Crippen LogP contribution in [0.3, 0.4) is 0 Å². The second kappa shape index (κ2) is 7.85. The number of carbonyl (C=O) groups is 1. The molecule has 1 N–H and O–H groups in total. The molecule has 4 rings (SSSR count). The van der Waals surface area contributed by atoms with E-state index in [9.17, 15) is 13.2 Å². The zero-order valence-corrected chi connectivity index (χ0v) is 17.0.